The molecule has 0 fully saturated rings. The molecule has 17 heavy (non-hydrogen) atoms. The average molecular weight is 272 g/mol. The Morgan fingerprint density at radius 3 is 2.47 bits per heavy atom. The predicted molar refractivity (Wildman–Crippen MR) is 72.6 cm³/mol. The second-order valence-electron chi connectivity index (χ2n) is 4.67. The van der Waals surface area contributed by atoms with E-state index in [4.69, 9.17) is 22.1 Å². The Balaban J connectivity index is 3.34. The van der Waals surface area contributed by atoms with Crippen LogP contribution in [0.2, 0.25) is 24.7 Å². The summed E-state index contributed by atoms with van der Waals surface area (Å²) >= 11 is 5.74. The van der Waals surface area contributed by atoms with Gasteiger partial charge in [-0.1, -0.05) is 37.2 Å². The van der Waals surface area contributed by atoms with Crippen LogP contribution in [-0.4, -0.2) is 15.2 Å². The highest BCUT2D eigenvalue weighted by Crippen LogP contribution is 2.33. The molecule has 0 amide bonds. The minimum Gasteiger partial charge on any atom is -0.495 e. The van der Waals surface area contributed by atoms with Crippen LogP contribution in [0.25, 0.3) is 0 Å². The first-order chi connectivity index (χ1) is 7.76. The van der Waals surface area contributed by atoms with Gasteiger partial charge >= 0.3 is 0 Å². The van der Waals surface area contributed by atoms with Crippen molar-refractivity contribution in [2.24, 2.45) is 0 Å². The lowest BCUT2D eigenvalue weighted by Gasteiger charge is -2.09. The van der Waals surface area contributed by atoms with Crippen molar-refractivity contribution in [2.45, 2.75) is 19.6 Å². The van der Waals surface area contributed by atoms with Crippen molar-refractivity contribution in [3.05, 3.63) is 22.5 Å². The zero-order chi connectivity index (χ0) is 13.2. The van der Waals surface area contributed by atoms with E-state index in [1.54, 1.807) is 6.07 Å². The number of hydrogen-bond acceptors (Lipinski definition) is 2. The molecule has 5 heteroatoms. The van der Waals surface area contributed by atoms with Gasteiger partial charge in [0.05, 0.1) is 18.4 Å². The van der Waals surface area contributed by atoms with Crippen LogP contribution in [-0.2, 0) is 0 Å². The van der Waals surface area contributed by atoms with Crippen LogP contribution in [0.3, 0.4) is 0 Å². The van der Waals surface area contributed by atoms with E-state index >= 15 is 0 Å². The first-order valence-corrected chi connectivity index (χ1v) is 8.98. The molecule has 0 unspecified atom stereocenters. The van der Waals surface area contributed by atoms with E-state index in [2.05, 4.69) is 31.1 Å². The molecule has 0 bridgehead atoms. The van der Waals surface area contributed by atoms with Gasteiger partial charge in [-0.05, 0) is 6.07 Å². The number of hydrogen-bond donors (Lipinski definition) is 1. The maximum absolute atomic E-state index is 13.7. The Morgan fingerprint density at radius 1 is 1.41 bits per heavy atom. The molecule has 0 heterocycles. The van der Waals surface area contributed by atoms with Crippen molar-refractivity contribution >= 4 is 25.4 Å². The van der Waals surface area contributed by atoms with Crippen LogP contribution >= 0.6 is 11.6 Å². The number of rotatable bonds is 1. The van der Waals surface area contributed by atoms with Gasteiger partial charge in [-0.15, -0.1) is 5.54 Å². The molecular weight excluding hydrogens is 257 g/mol. The SMILES string of the molecule is COc1cc(C#C[Si](C)(C)C)c(N)c(F)c1Cl. The van der Waals surface area contributed by atoms with Crippen molar-refractivity contribution < 1.29 is 9.13 Å². The normalized spacial score (nSPS) is 10.7. The van der Waals surface area contributed by atoms with Crippen molar-refractivity contribution in [3.63, 3.8) is 0 Å². The Kier molecular flexibility index (Phi) is 4.07. The number of halogens is 2. The Hall–Kier alpha value is -1.18. The second kappa shape index (κ2) is 4.99. The summed E-state index contributed by atoms with van der Waals surface area (Å²) in [5.41, 5.74) is 9.15. The van der Waals surface area contributed by atoms with Gasteiger partial charge in [-0.25, -0.2) is 4.39 Å². The van der Waals surface area contributed by atoms with Crippen molar-refractivity contribution in [1.29, 1.82) is 0 Å². The summed E-state index contributed by atoms with van der Waals surface area (Å²) in [7, 11) is -0.111. The van der Waals surface area contributed by atoms with E-state index in [1.165, 1.54) is 7.11 Å². The van der Waals surface area contributed by atoms with E-state index in [-0.39, 0.29) is 16.5 Å². The molecule has 0 aromatic heterocycles. The highest BCUT2D eigenvalue weighted by Gasteiger charge is 2.15. The lowest BCUT2D eigenvalue weighted by Crippen LogP contribution is -2.16. The number of nitrogens with two attached hydrogens (primary N) is 1. The van der Waals surface area contributed by atoms with Crippen molar-refractivity contribution in [3.8, 4) is 17.2 Å². The summed E-state index contributed by atoms with van der Waals surface area (Å²) in [6.45, 7) is 6.29. The molecule has 1 rings (SSSR count). The molecule has 0 saturated heterocycles. The topological polar surface area (TPSA) is 35.2 Å². The maximum Gasteiger partial charge on any atom is 0.169 e. The molecule has 0 spiro atoms. The Labute approximate surface area is 107 Å². The van der Waals surface area contributed by atoms with Gasteiger partial charge < -0.3 is 10.5 Å². The number of ether oxygens (including phenoxy) is 1. The quantitative estimate of drug-likeness (QED) is 0.483. The van der Waals surface area contributed by atoms with Gasteiger partial charge in [0.1, 0.15) is 18.8 Å². The molecule has 92 valence electrons. The van der Waals surface area contributed by atoms with Gasteiger partial charge in [0, 0.05) is 0 Å². The molecule has 0 aliphatic carbocycles. The molecule has 0 atom stereocenters. The molecule has 1 aromatic rings. The van der Waals surface area contributed by atoms with E-state index in [1.807, 2.05) is 0 Å². The van der Waals surface area contributed by atoms with E-state index in [0.29, 0.717) is 5.56 Å². The van der Waals surface area contributed by atoms with Gasteiger partial charge in [0.15, 0.2) is 5.82 Å². The maximum atomic E-state index is 13.7. The molecule has 0 saturated carbocycles. The van der Waals surface area contributed by atoms with Crippen molar-refractivity contribution in [1.82, 2.24) is 0 Å². The lowest BCUT2D eigenvalue weighted by atomic mass is 10.1. The fraction of sp³-hybridized carbons (Fsp3) is 0.333. The standard InChI is InChI=1S/C12H15ClFNOSi/c1-16-9-7-8(5-6-17(2,3)4)12(15)11(14)10(9)13/h7H,15H2,1-4H3. The number of benzene rings is 1. The second-order valence-corrected chi connectivity index (χ2v) is 9.80. The summed E-state index contributed by atoms with van der Waals surface area (Å²) in [5.74, 6) is 2.48. The molecular formula is C12H15ClFNOSi. The zero-order valence-corrected chi connectivity index (χ0v) is 12.1. The largest absolute Gasteiger partial charge is 0.495 e. The van der Waals surface area contributed by atoms with Gasteiger partial charge in [-0.2, -0.15) is 0 Å². The summed E-state index contributed by atoms with van der Waals surface area (Å²) in [6.07, 6.45) is 0. The molecule has 0 radical (unpaired) electrons. The third-order valence-electron chi connectivity index (χ3n) is 2.00. The molecule has 1 aromatic carbocycles. The summed E-state index contributed by atoms with van der Waals surface area (Å²) in [6, 6.07) is 1.56. The lowest BCUT2D eigenvalue weighted by molar-refractivity contribution is 0.411. The third kappa shape index (κ3) is 3.38. The molecule has 2 nitrogen and oxygen atoms in total. The van der Waals surface area contributed by atoms with Gasteiger partial charge in [-0.3, -0.25) is 0 Å². The molecule has 0 aliphatic rings. The van der Waals surface area contributed by atoms with Crippen LogP contribution in [0, 0.1) is 17.3 Å². The smallest absolute Gasteiger partial charge is 0.169 e. The Morgan fingerprint density at radius 2 is 2.00 bits per heavy atom. The van der Waals surface area contributed by atoms with Crippen molar-refractivity contribution in [2.75, 3.05) is 12.8 Å². The van der Waals surface area contributed by atoms with Crippen LogP contribution in [0.1, 0.15) is 5.56 Å². The predicted octanol–water partition coefficient (Wildman–Crippen LogP) is 3.30. The van der Waals surface area contributed by atoms with Crippen LogP contribution < -0.4 is 10.5 Å². The Bertz CT molecular complexity index is 500. The van der Waals surface area contributed by atoms with Gasteiger partial charge in [0.25, 0.3) is 0 Å². The minimum atomic E-state index is -1.53. The number of nitrogen functional groups attached to an aromatic ring is 1. The first-order valence-electron chi connectivity index (χ1n) is 5.11. The highest BCUT2D eigenvalue weighted by atomic mass is 35.5. The summed E-state index contributed by atoms with van der Waals surface area (Å²) < 4.78 is 18.6. The van der Waals surface area contributed by atoms with Crippen LogP contribution in [0.15, 0.2) is 6.07 Å². The zero-order valence-electron chi connectivity index (χ0n) is 10.3. The molecule has 0 aliphatic heterocycles. The van der Waals surface area contributed by atoms with Gasteiger partial charge in [0.2, 0.25) is 0 Å². The fourth-order valence-electron chi connectivity index (χ4n) is 1.12. The average Bonchev–Trinajstić information content (AvgIpc) is 2.24. The van der Waals surface area contributed by atoms with E-state index in [9.17, 15) is 4.39 Å². The first kappa shape index (κ1) is 13.9. The minimum absolute atomic E-state index is 0.0263. The number of anilines is 1. The number of methoxy groups -OCH3 is 1. The fourth-order valence-corrected chi connectivity index (χ4v) is 1.87. The van der Waals surface area contributed by atoms with E-state index < -0.39 is 13.9 Å². The summed E-state index contributed by atoms with van der Waals surface area (Å²) in [5, 5.41) is -0.108. The molecule has 2 N–H and O–H groups in total. The monoisotopic (exact) mass is 271 g/mol. The third-order valence-corrected chi connectivity index (χ3v) is 3.23. The summed E-state index contributed by atoms with van der Waals surface area (Å²) in [4.78, 5) is 0. The highest BCUT2D eigenvalue weighted by molar-refractivity contribution is 6.83. The van der Waals surface area contributed by atoms with E-state index in [0.717, 1.165) is 0 Å². The van der Waals surface area contributed by atoms with Crippen LogP contribution in [0.4, 0.5) is 10.1 Å². The van der Waals surface area contributed by atoms with Crippen LogP contribution in [0.5, 0.6) is 5.75 Å².